The van der Waals surface area contributed by atoms with Crippen LogP contribution < -0.4 is 10.6 Å². The topological polar surface area (TPSA) is 128 Å². The molecule has 2 saturated heterocycles. The molecule has 2 fully saturated rings. The number of ether oxygens (including phenoxy) is 1. The number of nitrogens with zero attached hydrogens (tertiary/aromatic N) is 2. The molecule has 0 aromatic rings. The standard InChI is InChI=1S/C24H30N4O6S/c1-14-13-35-23-19(22(31)28(23)20(14)24(32)33)26-21(30)18(16-6-4-3-5-7-16)25-15(2)12-17(29)27-8-10-34-11-9-27/h3-4,7,12,18-19,23,25H,5-6,8-11,13H2,1-2H3,(H,26,30)(H,32,33)/b15-12+. The zero-order valence-electron chi connectivity index (χ0n) is 19.8. The zero-order chi connectivity index (χ0) is 25.1. The molecule has 0 radical (unpaired) electrons. The molecule has 3 aliphatic heterocycles. The summed E-state index contributed by atoms with van der Waals surface area (Å²) < 4.78 is 5.29. The van der Waals surface area contributed by atoms with Gasteiger partial charge in [-0.05, 0) is 37.8 Å². The van der Waals surface area contributed by atoms with Crippen molar-refractivity contribution in [1.29, 1.82) is 0 Å². The number of carbonyl (C=O) groups is 4. The first-order chi connectivity index (χ1) is 16.8. The molecule has 188 valence electrons. The number of thioether (sulfide) groups is 1. The molecular formula is C24H30N4O6S. The summed E-state index contributed by atoms with van der Waals surface area (Å²) in [5, 5.41) is 15.1. The van der Waals surface area contributed by atoms with Crippen molar-refractivity contribution in [2.24, 2.45) is 0 Å². The van der Waals surface area contributed by atoms with Crippen molar-refractivity contribution < 1.29 is 29.0 Å². The van der Waals surface area contributed by atoms with E-state index in [9.17, 15) is 24.3 Å². The van der Waals surface area contributed by atoms with Crippen LogP contribution >= 0.6 is 11.8 Å². The largest absolute Gasteiger partial charge is 0.477 e. The highest BCUT2D eigenvalue weighted by Gasteiger charge is 2.54. The molecule has 0 bridgehead atoms. The number of carboxylic acids is 1. The van der Waals surface area contributed by atoms with Crippen LogP contribution in [0, 0.1) is 0 Å². The number of carboxylic acid groups (broad SMARTS) is 1. The number of amides is 3. The van der Waals surface area contributed by atoms with Gasteiger partial charge in [0, 0.05) is 30.6 Å². The van der Waals surface area contributed by atoms with E-state index in [4.69, 9.17) is 4.74 Å². The van der Waals surface area contributed by atoms with Crippen LogP contribution in [0.2, 0.25) is 0 Å². The number of rotatable bonds is 7. The van der Waals surface area contributed by atoms with Crippen molar-refractivity contribution in [3.05, 3.63) is 46.8 Å². The highest BCUT2D eigenvalue weighted by atomic mass is 32.2. The van der Waals surface area contributed by atoms with Gasteiger partial charge in [0.05, 0.1) is 13.2 Å². The normalized spacial score (nSPS) is 25.4. The summed E-state index contributed by atoms with van der Waals surface area (Å²) in [4.78, 5) is 53.4. The Hall–Kier alpha value is -3.05. The molecule has 3 atom stereocenters. The summed E-state index contributed by atoms with van der Waals surface area (Å²) in [7, 11) is 0. The minimum atomic E-state index is -1.14. The summed E-state index contributed by atoms with van der Waals surface area (Å²) in [6.45, 7) is 5.47. The minimum Gasteiger partial charge on any atom is -0.477 e. The number of hydrogen-bond acceptors (Lipinski definition) is 7. The summed E-state index contributed by atoms with van der Waals surface area (Å²) in [6, 6.07) is -1.57. The number of β-lactam (4-membered cyclic amide) rings is 1. The molecule has 3 N–H and O–H groups in total. The fraction of sp³-hybridized carbons (Fsp3) is 0.500. The fourth-order valence-corrected chi connectivity index (χ4v) is 5.81. The summed E-state index contributed by atoms with van der Waals surface area (Å²) in [6.07, 6.45) is 8.70. The number of fused-ring (bicyclic) bond motifs is 1. The molecule has 11 heteroatoms. The van der Waals surface area contributed by atoms with Crippen LogP contribution in [0.5, 0.6) is 0 Å². The molecule has 1 aliphatic carbocycles. The van der Waals surface area contributed by atoms with Crippen molar-refractivity contribution in [3.8, 4) is 0 Å². The van der Waals surface area contributed by atoms with Crippen LogP contribution in [0.3, 0.4) is 0 Å². The van der Waals surface area contributed by atoms with Gasteiger partial charge in [0.2, 0.25) is 11.8 Å². The maximum absolute atomic E-state index is 13.4. The highest BCUT2D eigenvalue weighted by molar-refractivity contribution is 8.00. The lowest BCUT2D eigenvalue weighted by molar-refractivity contribution is -0.150. The molecule has 0 spiro atoms. The third-order valence-corrected chi connectivity index (χ3v) is 7.79. The minimum absolute atomic E-state index is 0.000507. The fourth-order valence-electron chi connectivity index (χ4n) is 4.52. The molecule has 4 aliphatic rings. The number of allylic oxidation sites excluding steroid dienone is 4. The van der Waals surface area contributed by atoms with Crippen LogP contribution in [-0.4, -0.2) is 88.1 Å². The van der Waals surface area contributed by atoms with Gasteiger partial charge >= 0.3 is 5.97 Å². The average Bonchev–Trinajstić information content (AvgIpc) is 2.86. The Labute approximate surface area is 208 Å². The zero-order valence-corrected chi connectivity index (χ0v) is 20.6. The third-order valence-electron chi connectivity index (χ3n) is 6.36. The van der Waals surface area contributed by atoms with Crippen LogP contribution in [-0.2, 0) is 23.9 Å². The van der Waals surface area contributed by atoms with Gasteiger partial charge in [-0.1, -0.05) is 18.2 Å². The van der Waals surface area contributed by atoms with E-state index in [0.717, 1.165) is 5.57 Å². The van der Waals surface area contributed by atoms with Crippen LogP contribution in [0.4, 0.5) is 0 Å². The van der Waals surface area contributed by atoms with Crippen LogP contribution in [0.1, 0.15) is 26.7 Å². The summed E-state index contributed by atoms with van der Waals surface area (Å²) in [5.41, 5.74) is 2.01. The van der Waals surface area contributed by atoms with E-state index in [1.54, 1.807) is 18.7 Å². The van der Waals surface area contributed by atoms with Gasteiger partial charge in [0.25, 0.3) is 5.91 Å². The van der Waals surface area contributed by atoms with Crippen LogP contribution in [0.15, 0.2) is 46.8 Å². The SMILES string of the molecule is CC1=C(C(=O)O)N2C(=O)C(NC(=O)C(N/C(C)=C/C(=O)N3CCOCC3)C3=CCC=CC3)C2SC1. The van der Waals surface area contributed by atoms with Gasteiger partial charge in [0.15, 0.2) is 0 Å². The molecule has 0 saturated carbocycles. The van der Waals surface area contributed by atoms with Crippen molar-refractivity contribution in [2.45, 2.75) is 44.1 Å². The first-order valence-electron chi connectivity index (χ1n) is 11.6. The van der Waals surface area contributed by atoms with Gasteiger partial charge < -0.3 is 25.4 Å². The molecule has 35 heavy (non-hydrogen) atoms. The molecule has 3 amide bonds. The molecule has 0 aromatic carbocycles. The lowest BCUT2D eigenvalue weighted by Gasteiger charge is -2.49. The lowest BCUT2D eigenvalue weighted by Crippen LogP contribution is -2.71. The molecular weight excluding hydrogens is 472 g/mol. The lowest BCUT2D eigenvalue weighted by atomic mass is 9.96. The Bertz CT molecular complexity index is 1040. The van der Waals surface area contributed by atoms with E-state index < -0.39 is 29.3 Å². The number of nitrogens with one attached hydrogen (secondary N) is 2. The predicted molar refractivity (Wildman–Crippen MR) is 130 cm³/mol. The van der Waals surface area contributed by atoms with Crippen molar-refractivity contribution in [3.63, 3.8) is 0 Å². The third kappa shape index (κ3) is 5.30. The van der Waals surface area contributed by atoms with Gasteiger partial charge in [0.1, 0.15) is 23.2 Å². The van der Waals surface area contributed by atoms with E-state index in [-0.39, 0.29) is 17.5 Å². The van der Waals surface area contributed by atoms with Gasteiger partial charge in [-0.15, -0.1) is 11.8 Å². The van der Waals surface area contributed by atoms with Gasteiger partial charge in [-0.3, -0.25) is 19.3 Å². The molecule has 0 aromatic heterocycles. The van der Waals surface area contributed by atoms with E-state index in [1.807, 2.05) is 18.2 Å². The maximum Gasteiger partial charge on any atom is 0.352 e. The molecule has 3 heterocycles. The van der Waals surface area contributed by atoms with Crippen molar-refractivity contribution in [1.82, 2.24) is 20.4 Å². The molecule has 10 nitrogen and oxygen atoms in total. The number of hydrogen-bond donors (Lipinski definition) is 3. The van der Waals surface area contributed by atoms with E-state index in [1.165, 1.54) is 22.7 Å². The number of carbonyl (C=O) groups excluding carboxylic acids is 3. The first-order valence-corrected chi connectivity index (χ1v) is 12.7. The molecule has 4 rings (SSSR count). The Morgan fingerprint density at radius 3 is 2.66 bits per heavy atom. The van der Waals surface area contributed by atoms with E-state index >= 15 is 0 Å². The second kappa shape index (κ2) is 10.7. The smallest absolute Gasteiger partial charge is 0.352 e. The quantitative estimate of drug-likeness (QED) is 0.264. The second-order valence-corrected chi connectivity index (χ2v) is 9.97. The number of aliphatic carboxylic acids is 1. The van der Waals surface area contributed by atoms with Crippen LogP contribution in [0.25, 0.3) is 0 Å². The monoisotopic (exact) mass is 502 g/mol. The Morgan fingerprint density at radius 2 is 2.00 bits per heavy atom. The second-order valence-electron chi connectivity index (χ2n) is 8.86. The van der Waals surface area contributed by atoms with Crippen molar-refractivity contribution in [2.75, 3.05) is 32.1 Å². The number of morpholine rings is 1. The summed E-state index contributed by atoms with van der Waals surface area (Å²) >= 11 is 1.43. The van der Waals surface area contributed by atoms with Gasteiger partial charge in [-0.25, -0.2) is 4.79 Å². The predicted octanol–water partition coefficient (Wildman–Crippen LogP) is 0.742. The van der Waals surface area contributed by atoms with Crippen molar-refractivity contribution >= 4 is 35.5 Å². The maximum atomic E-state index is 13.4. The summed E-state index contributed by atoms with van der Waals surface area (Å²) in [5.74, 6) is -1.64. The van der Waals surface area contributed by atoms with E-state index in [0.29, 0.717) is 56.2 Å². The molecule has 3 unspecified atom stereocenters. The Kier molecular flexibility index (Phi) is 7.66. The average molecular weight is 503 g/mol. The van der Waals surface area contributed by atoms with E-state index in [2.05, 4.69) is 10.6 Å². The first kappa shape index (κ1) is 25.1. The Morgan fingerprint density at radius 1 is 1.26 bits per heavy atom. The highest BCUT2D eigenvalue weighted by Crippen LogP contribution is 2.40. The Balaban J connectivity index is 1.47. The van der Waals surface area contributed by atoms with Gasteiger partial charge in [-0.2, -0.15) is 0 Å².